The van der Waals surface area contributed by atoms with Crippen LogP contribution in [0.2, 0.25) is 0 Å². The molecular formula is C17H31N3O. The molecule has 0 saturated heterocycles. The zero-order valence-corrected chi connectivity index (χ0v) is 14.1. The zero-order valence-electron chi connectivity index (χ0n) is 14.1. The van der Waals surface area contributed by atoms with Crippen molar-refractivity contribution >= 4 is 5.69 Å². The third-order valence-corrected chi connectivity index (χ3v) is 3.85. The molecule has 0 bridgehead atoms. The second-order valence-corrected chi connectivity index (χ2v) is 5.34. The number of hydrogen-bond acceptors (Lipinski definition) is 4. The van der Waals surface area contributed by atoms with Gasteiger partial charge in [-0.15, -0.1) is 0 Å². The van der Waals surface area contributed by atoms with Gasteiger partial charge < -0.3 is 15.0 Å². The van der Waals surface area contributed by atoms with Crippen LogP contribution in [0.3, 0.4) is 0 Å². The van der Waals surface area contributed by atoms with Crippen molar-refractivity contribution in [3.05, 3.63) is 24.0 Å². The van der Waals surface area contributed by atoms with Gasteiger partial charge in [-0.1, -0.05) is 20.8 Å². The summed E-state index contributed by atoms with van der Waals surface area (Å²) in [5.74, 6) is 0. The Labute approximate surface area is 129 Å². The highest BCUT2D eigenvalue weighted by Gasteiger charge is 2.18. The second-order valence-electron chi connectivity index (χ2n) is 5.34. The lowest BCUT2D eigenvalue weighted by Crippen LogP contribution is -2.38. The SMILES string of the molecule is CCCNCc1cnccc1N(CCOC)C(CC)CC. The average molecular weight is 293 g/mol. The fourth-order valence-corrected chi connectivity index (χ4v) is 2.65. The Morgan fingerprint density at radius 3 is 2.67 bits per heavy atom. The molecule has 0 aliphatic carbocycles. The molecule has 0 saturated carbocycles. The Kier molecular flexibility index (Phi) is 9.02. The third-order valence-electron chi connectivity index (χ3n) is 3.85. The lowest BCUT2D eigenvalue weighted by Gasteiger charge is -2.34. The van der Waals surface area contributed by atoms with E-state index in [0.717, 1.165) is 45.5 Å². The molecule has 1 heterocycles. The Bertz CT molecular complexity index is 380. The first-order valence-electron chi connectivity index (χ1n) is 8.17. The first-order chi connectivity index (χ1) is 10.3. The molecule has 0 amide bonds. The summed E-state index contributed by atoms with van der Waals surface area (Å²) in [5, 5.41) is 3.48. The molecule has 1 aromatic heterocycles. The minimum atomic E-state index is 0.549. The fourth-order valence-electron chi connectivity index (χ4n) is 2.65. The molecule has 4 nitrogen and oxygen atoms in total. The molecule has 4 heteroatoms. The summed E-state index contributed by atoms with van der Waals surface area (Å²) in [7, 11) is 1.77. The smallest absolute Gasteiger partial charge is 0.0637 e. The van der Waals surface area contributed by atoms with Gasteiger partial charge in [-0.2, -0.15) is 0 Å². The van der Waals surface area contributed by atoms with E-state index in [-0.39, 0.29) is 0 Å². The molecule has 0 radical (unpaired) electrons. The number of aromatic nitrogens is 1. The van der Waals surface area contributed by atoms with Crippen LogP contribution in [0.4, 0.5) is 5.69 Å². The van der Waals surface area contributed by atoms with Gasteiger partial charge in [0.05, 0.1) is 6.61 Å². The summed E-state index contributed by atoms with van der Waals surface area (Å²) in [6, 6.07) is 2.68. The van der Waals surface area contributed by atoms with Crippen molar-refractivity contribution in [2.75, 3.05) is 31.7 Å². The van der Waals surface area contributed by atoms with Crippen LogP contribution in [0.1, 0.15) is 45.6 Å². The van der Waals surface area contributed by atoms with Gasteiger partial charge in [0, 0.05) is 49.9 Å². The summed E-state index contributed by atoms with van der Waals surface area (Å²) < 4.78 is 5.30. The maximum absolute atomic E-state index is 5.30. The number of rotatable bonds is 11. The summed E-state index contributed by atoms with van der Waals surface area (Å²) in [4.78, 5) is 6.78. The number of anilines is 1. The van der Waals surface area contributed by atoms with Gasteiger partial charge in [0.25, 0.3) is 0 Å². The van der Waals surface area contributed by atoms with Crippen LogP contribution in [0.25, 0.3) is 0 Å². The number of methoxy groups -OCH3 is 1. The first-order valence-corrected chi connectivity index (χ1v) is 8.17. The van der Waals surface area contributed by atoms with E-state index in [1.54, 1.807) is 7.11 Å². The summed E-state index contributed by atoms with van der Waals surface area (Å²) in [6.45, 7) is 10.3. The van der Waals surface area contributed by atoms with E-state index in [4.69, 9.17) is 4.74 Å². The van der Waals surface area contributed by atoms with Crippen molar-refractivity contribution in [2.45, 2.75) is 52.6 Å². The molecule has 1 rings (SSSR count). The van der Waals surface area contributed by atoms with Crippen LogP contribution in [-0.2, 0) is 11.3 Å². The number of pyridine rings is 1. The van der Waals surface area contributed by atoms with Crippen molar-refractivity contribution < 1.29 is 4.74 Å². The molecule has 0 aliphatic heterocycles. The van der Waals surface area contributed by atoms with Crippen LogP contribution < -0.4 is 10.2 Å². The molecule has 0 unspecified atom stereocenters. The maximum Gasteiger partial charge on any atom is 0.0637 e. The summed E-state index contributed by atoms with van der Waals surface area (Å²) in [5.41, 5.74) is 2.56. The fraction of sp³-hybridized carbons (Fsp3) is 0.706. The topological polar surface area (TPSA) is 37.4 Å². The molecule has 1 aromatic rings. The normalized spacial score (nSPS) is 11.1. The van der Waals surface area contributed by atoms with E-state index in [9.17, 15) is 0 Å². The van der Waals surface area contributed by atoms with Gasteiger partial charge in [0.15, 0.2) is 0 Å². The minimum absolute atomic E-state index is 0.549. The predicted octanol–water partition coefficient (Wildman–Crippen LogP) is 3.22. The Balaban J connectivity index is 2.93. The van der Waals surface area contributed by atoms with Crippen LogP contribution >= 0.6 is 0 Å². The monoisotopic (exact) mass is 293 g/mol. The molecule has 1 N–H and O–H groups in total. The standard InChI is InChI=1S/C17H31N3O/c1-5-9-18-13-15-14-19-10-8-17(15)20(11-12-21-4)16(6-2)7-3/h8,10,14,16,18H,5-7,9,11-13H2,1-4H3. The van der Waals surface area contributed by atoms with Gasteiger partial charge >= 0.3 is 0 Å². The van der Waals surface area contributed by atoms with E-state index >= 15 is 0 Å². The quantitative estimate of drug-likeness (QED) is 0.636. The third kappa shape index (κ3) is 5.64. The van der Waals surface area contributed by atoms with Crippen molar-refractivity contribution in [2.24, 2.45) is 0 Å². The van der Waals surface area contributed by atoms with Gasteiger partial charge in [0.1, 0.15) is 0 Å². The van der Waals surface area contributed by atoms with Crippen molar-refractivity contribution in [3.8, 4) is 0 Å². The number of ether oxygens (including phenoxy) is 1. The molecule has 21 heavy (non-hydrogen) atoms. The summed E-state index contributed by atoms with van der Waals surface area (Å²) >= 11 is 0. The lowest BCUT2D eigenvalue weighted by molar-refractivity contribution is 0.202. The number of hydrogen-bond donors (Lipinski definition) is 1. The molecule has 120 valence electrons. The van der Waals surface area contributed by atoms with Gasteiger partial charge in [-0.3, -0.25) is 4.98 Å². The molecule has 0 fully saturated rings. The Hall–Kier alpha value is -1.13. The van der Waals surface area contributed by atoms with Gasteiger partial charge in [0.2, 0.25) is 0 Å². The van der Waals surface area contributed by atoms with Crippen LogP contribution in [0, 0.1) is 0 Å². The molecule has 0 aromatic carbocycles. The van der Waals surface area contributed by atoms with Crippen molar-refractivity contribution in [1.82, 2.24) is 10.3 Å². The lowest BCUT2D eigenvalue weighted by atomic mass is 10.1. The van der Waals surface area contributed by atoms with Gasteiger partial charge in [-0.05, 0) is 31.9 Å². The molecule has 0 atom stereocenters. The highest BCUT2D eigenvalue weighted by molar-refractivity contribution is 5.53. The highest BCUT2D eigenvalue weighted by atomic mass is 16.5. The predicted molar refractivity (Wildman–Crippen MR) is 89.8 cm³/mol. The Morgan fingerprint density at radius 1 is 1.29 bits per heavy atom. The van der Waals surface area contributed by atoms with E-state index < -0.39 is 0 Å². The number of nitrogens with zero attached hydrogens (tertiary/aromatic N) is 2. The average Bonchev–Trinajstić information content (AvgIpc) is 2.52. The van der Waals surface area contributed by atoms with E-state index in [2.05, 4.69) is 42.0 Å². The highest BCUT2D eigenvalue weighted by Crippen LogP contribution is 2.24. The van der Waals surface area contributed by atoms with E-state index in [1.807, 2.05) is 12.4 Å². The van der Waals surface area contributed by atoms with Crippen LogP contribution in [0.15, 0.2) is 18.5 Å². The minimum Gasteiger partial charge on any atom is -0.383 e. The van der Waals surface area contributed by atoms with E-state index in [1.165, 1.54) is 11.3 Å². The molecule has 0 spiro atoms. The van der Waals surface area contributed by atoms with Crippen LogP contribution in [-0.4, -0.2) is 37.8 Å². The van der Waals surface area contributed by atoms with Crippen molar-refractivity contribution in [1.29, 1.82) is 0 Å². The zero-order chi connectivity index (χ0) is 15.5. The number of nitrogens with one attached hydrogen (secondary N) is 1. The largest absolute Gasteiger partial charge is 0.383 e. The maximum atomic E-state index is 5.30. The van der Waals surface area contributed by atoms with Gasteiger partial charge in [-0.25, -0.2) is 0 Å². The Morgan fingerprint density at radius 2 is 2.05 bits per heavy atom. The molecular weight excluding hydrogens is 262 g/mol. The van der Waals surface area contributed by atoms with Crippen molar-refractivity contribution in [3.63, 3.8) is 0 Å². The van der Waals surface area contributed by atoms with E-state index in [0.29, 0.717) is 6.04 Å². The molecule has 0 aliphatic rings. The van der Waals surface area contributed by atoms with Crippen LogP contribution in [0.5, 0.6) is 0 Å². The first kappa shape index (κ1) is 17.9. The summed E-state index contributed by atoms with van der Waals surface area (Å²) in [6.07, 6.45) is 7.31. The second kappa shape index (κ2) is 10.6.